The quantitative estimate of drug-likeness (QED) is 0.756. The van der Waals surface area contributed by atoms with Crippen molar-refractivity contribution in [2.45, 2.75) is 6.04 Å². The number of nitrogens with two attached hydrogens (primary N) is 1. The molecule has 2 N–H and O–H groups in total. The molecule has 13 heavy (non-hydrogen) atoms. The normalized spacial score (nSPS) is 12.2. The number of benzene rings is 1. The van der Waals surface area contributed by atoms with Crippen molar-refractivity contribution in [3.05, 3.63) is 41.4 Å². The topological polar surface area (TPSA) is 35.2 Å². The second-order valence-corrected chi connectivity index (χ2v) is 3.06. The van der Waals surface area contributed by atoms with Gasteiger partial charge in [0, 0.05) is 6.04 Å². The summed E-state index contributed by atoms with van der Waals surface area (Å²) >= 11 is 5.92. The summed E-state index contributed by atoms with van der Waals surface area (Å²) in [6.45, 7) is 3.61. The first kappa shape index (κ1) is 10.1. The summed E-state index contributed by atoms with van der Waals surface area (Å²) in [7, 11) is 1.58. The van der Waals surface area contributed by atoms with Crippen LogP contribution in [-0.4, -0.2) is 7.11 Å². The molecule has 0 aromatic heterocycles. The Balaban J connectivity index is 3.02. The molecule has 0 aliphatic heterocycles. The number of rotatable bonds is 3. The van der Waals surface area contributed by atoms with E-state index in [9.17, 15) is 0 Å². The fourth-order valence-electron chi connectivity index (χ4n) is 1.03. The van der Waals surface area contributed by atoms with E-state index in [4.69, 9.17) is 22.1 Å². The van der Waals surface area contributed by atoms with Crippen molar-refractivity contribution in [1.82, 2.24) is 0 Å². The predicted octanol–water partition coefficient (Wildman–Crippen LogP) is 2.53. The third kappa shape index (κ3) is 2.23. The van der Waals surface area contributed by atoms with Gasteiger partial charge < -0.3 is 10.5 Å². The van der Waals surface area contributed by atoms with E-state index in [1.54, 1.807) is 25.3 Å². The molecule has 2 nitrogen and oxygen atoms in total. The van der Waals surface area contributed by atoms with Gasteiger partial charge in [-0.3, -0.25) is 0 Å². The van der Waals surface area contributed by atoms with Crippen molar-refractivity contribution in [3.8, 4) is 5.75 Å². The second-order valence-electron chi connectivity index (χ2n) is 2.66. The van der Waals surface area contributed by atoms with Crippen molar-refractivity contribution in [1.29, 1.82) is 0 Å². The van der Waals surface area contributed by atoms with Crippen molar-refractivity contribution in [2.24, 2.45) is 5.73 Å². The maximum absolute atomic E-state index is 5.92. The summed E-state index contributed by atoms with van der Waals surface area (Å²) in [5.41, 5.74) is 6.67. The van der Waals surface area contributed by atoms with Crippen LogP contribution in [0.25, 0.3) is 0 Å². The van der Waals surface area contributed by atoms with E-state index in [0.717, 1.165) is 5.56 Å². The molecule has 0 aliphatic rings. The number of hydrogen-bond acceptors (Lipinski definition) is 2. The van der Waals surface area contributed by atoms with Gasteiger partial charge in [-0.05, 0) is 17.7 Å². The van der Waals surface area contributed by atoms with Gasteiger partial charge in [0.1, 0.15) is 5.75 Å². The highest BCUT2D eigenvalue weighted by atomic mass is 35.5. The van der Waals surface area contributed by atoms with Crippen molar-refractivity contribution < 1.29 is 4.74 Å². The van der Waals surface area contributed by atoms with Gasteiger partial charge in [-0.1, -0.05) is 23.7 Å². The van der Waals surface area contributed by atoms with Crippen LogP contribution in [0.15, 0.2) is 30.9 Å². The minimum atomic E-state index is -0.177. The van der Waals surface area contributed by atoms with Gasteiger partial charge in [-0.25, -0.2) is 0 Å². The lowest BCUT2D eigenvalue weighted by Gasteiger charge is -2.09. The summed E-state index contributed by atoms with van der Waals surface area (Å²) in [6.07, 6.45) is 1.66. The van der Waals surface area contributed by atoms with E-state index >= 15 is 0 Å². The van der Waals surface area contributed by atoms with Crippen LogP contribution in [0.2, 0.25) is 5.02 Å². The minimum Gasteiger partial charge on any atom is -0.495 e. The SMILES string of the molecule is C=C[C@@H](N)c1ccc(OC)c(Cl)c1. The molecule has 1 rings (SSSR count). The molecule has 0 saturated heterocycles. The van der Waals surface area contributed by atoms with Crippen LogP contribution < -0.4 is 10.5 Å². The molecule has 0 amide bonds. The molecule has 1 atom stereocenters. The predicted molar refractivity (Wildman–Crippen MR) is 55.1 cm³/mol. The molecule has 0 saturated carbocycles. The van der Waals surface area contributed by atoms with Crippen molar-refractivity contribution in [3.63, 3.8) is 0 Å². The Morgan fingerprint density at radius 2 is 2.31 bits per heavy atom. The summed E-state index contributed by atoms with van der Waals surface area (Å²) < 4.78 is 5.01. The summed E-state index contributed by atoms with van der Waals surface area (Å²) in [5.74, 6) is 0.654. The maximum atomic E-state index is 5.92. The summed E-state index contributed by atoms with van der Waals surface area (Å²) in [6, 6.07) is 5.27. The molecule has 1 aromatic carbocycles. The van der Waals surface area contributed by atoms with Gasteiger partial charge in [0.05, 0.1) is 12.1 Å². The fourth-order valence-corrected chi connectivity index (χ4v) is 1.29. The fraction of sp³-hybridized carbons (Fsp3) is 0.200. The Morgan fingerprint density at radius 1 is 1.62 bits per heavy atom. The lowest BCUT2D eigenvalue weighted by Crippen LogP contribution is -2.06. The van der Waals surface area contributed by atoms with Crippen LogP contribution in [0.5, 0.6) is 5.75 Å². The van der Waals surface area contributed by atoms with Gasteiger partial charge in [0.2, 0.25) is 0 Å². The summed E-state index contributed by atoms with van der Waals surface area (Å²) in [4.78, 5) is 0. The zero-order valence-corrected chi connectivity index (χ0v) is 8.21. The molecule has 1 aromatic rings. The zero-order chi connectivity index (χ0) is 9.84. The second kappa shape index (κ2) is 4.30. The Morgan fingerprint density at radius 3 is 2.77 bits per heavy atom. The minimum absolute atomic E-state index is 0.177. The van der Waals surface area contributed by atoms with E-state index in [0.29, 0.717) is 10.8 Å². The van der Waals surface area contributed by atoms with Gasteiger partial charge in [-0.15, -0.1) is 6.58 Å². The monoisotopic (exact) mass is 197 g/mol. The highest BCUT2D eigenvalue weighted by Crippen LogP contribution is 2.26. The lowest BCUT2D eigenvalue weighted by molar-refractivity contribution is 0.415. The van der Waals surface area contributed by atoms with Crippen LogP contribution in [0, 0.1) is 0 Å². The molecule has 0 aliphatic carbocycles. The molecular formula is C10H12ClNO. The first-order chi connectivity index (χ1) is 6.19. The first-order valence-electron chi connectivity index (χ1n) is 3.90. The molecule has 0 fully saturated rings. The average Bonchev–Trinajstić information content (AvgIpc) is 2.16. The largest absolute Gasteiger partial charge is 0.495 e. The first-order valence-corrected chi connectivity index (χ1v) is 4.28. The zero-order valence-electron chi connectivity index (χ0n) is 7.46. The maximum Gasteiger partial charge on any atom is 0.137 e. The highest BCUT2D eigenvalue weighted by molar-refractivity contribution is 6.32. The third-order valence-corrected chi connectivity index (χ3v) is 2.11. The Kier molecular flexibility index (Phi) is 3.34. The van der Waals surface area contributed by atoms with Gasteiger partial charge in [-0.2, -0.15) is 0 Å². The van der Waals surface area contributed by atoms with Crippen molar-refractivity contribution in [2.75, 3.05) is 7.11 Å². The molecule has 3 heteroatoms. The van der Waals surface area contributed by atoms with Crippen LogP contribution in [0.1, 0.15) is 11.6 Å². The molecular weight excluding hydrogens is 186 g/mol. The average molecular weight is 198 g/mol. The van der Waals surface area contributed by atoms with E-state index < -0.39 is 0 Å². The van der Waals surface area contributed by atoms with Crippen LogP contribution in [0.4, 0.5) is 0 Å². The number of ether oxygens (including phenoxy) is 1. The Hall–Kier alpha value is -0.990. The van der Waals surface area contributed by atoms with Gasteiger partial charge in [0.25, 0.3) is 0 Å². The number of halogens is 1. The lowest BCUT2D eigenvalue weighted by atomic mass is 10.1. The highest BCUT2D eigenvalue weighted by Gasteiger charge is 2.05. The molecule has 0 unspecified atom stereocenters. The number of hydrogen-bond donors (Lipinski definition) is 1. The standard InChI is InChI=1S/C10H12ClNO/c1-3-9(12)7-4-5-10(13-2)8(11)6-7/h3-6,9H,1,12H2,2H3/t9-/m1/s1. The molecule has 0 spiro atoms. The Bertz CT molecular complexity index is 312. The van der Waals surface area contributed by atoms with Crippen LogP contribution >= 0.6 is 11.6 Å². The van der Waals surface area contributed by atoms with Crippen LogP contribution in [0.3, 0.4) is 0 Å². The third-order valence-electron chi connectivity index (χ3n) is 1.81. The number of methoxy groups -OCH3 is 1. The van der Waals surface area contributed by atoms with E-state index in [-0.39, 0.29) is 6.04 Å². The molecule has 0 bridgehead atoms. The van der Waals surface area contributed by atoms with Gasteiger partial charge in [0.15, 0.2) is 0 Å². The Labute approximate surface area is 83.0 Å². The van der Waals surface area contributed by atoms with E-state index in [1.807, 2.05) is 6.07 Å². The van der Waals surface area contributed by atoms with Crippen LogP contribution in [-0.2, 0) is 0 Å². The van der Waals surface area contributed by atoms with Crippen molar-refractivity contribution >= 4 is 11.6 Å². The summed E-state index contributed by atoms with van der Waals surface area (Å²) in [5, 5.41) is 0.567. The smallest absolute Gasteiger partial charge is 0.137 e. The van der Waals surface area contributed by atoms with E-state index in [2.05, 4.69) is 6.58 Å². The molecule has 0 heterocycles. The van der Waals surface area contributed by atoms with Gasteiger partial charge >= 0.3 is 0 Å². The molecule has 0 radical (unpaired) electrons. The van der Waals surface area contributed by atoms with E-state index in [1.165, 1.54) is 0 Å². The molecule has 70 valence electrons.